The molecule has 0 unspecified atom stereocenters. The van der Waals surface area contributed by atoms with Crippen LogP contribution in [0.3, 0.4) is 0 Å². The molecule has 0 aromatic heterocycles. The third-order valence-corrected chi connectivity index (χ3v) is 2.16. The molecule has 4 heteroatoms. The van der Waals surface area contributed by atoms with E-state index in [9.17, 15) is 4.79 Å². The fourth-order valence-corrected chi connectivity index (χ4v) is 1.33. The zero-order valence-corrected chi connectivity index (χ0v) is 8.77. The maximum absolute atomic E-state index is 10.4. The molecule has 0 bridgehead atoms. The molecule has 82 valence electrons. The molecule has 0 saturated carbocycles. The summed E-state index contributed by atoms with van der Waals surface area (Å²) in [6.45, 7) is 0.292. The van der Waals surface area contributed by atoms with Gasteiger partial charge in [0.1, 0.15) is 6.61 Å². The largest absolute Gasteiger partial charge is 0.448 e. The van der Waals surface area contributed by atoms with Gasteiger partial charge in [-0.2, -0.15) is 0 Å². The van der Waals surface area contributed by atoms with Gasteiger partial charge in [0, 0.05) is 6.04 Å². The highest BCUT2D eigenvalue weighted by atomic mass is 16.5. The summed E-state index contributed by atoms with van der Waals surface area (Å²) in [5.74, 6) is 0. The van der Waals surface area contributed by atoms with Crippen LogP contribution in [0, 0.1) is 0 Å². The first kappa shape index (κ1) is 11.5. The SMILES string of the molecule is CN[C@H](COC(N)=O)Cc1ccccc1. The number of likely N-dealkylation sites (N-methyl/N-ethyl adjacent to an activating group) is 1. The predicted molar refractivity (Wildman–Crippen MR) is 58.5 cm³/mol. The highest BCUT2D eigenvalue weighted by Crippen LogP contribution is 2.03. The van der Waals surface area contributed by atoms with Crippen molar-refractivity contribution in [2.24, 2.45) is 5.73 Å². The van der Waals surface area contributed by atoms with Crippen LogP contribution in [0.2, 0.25) is 0 Å². The first-order valence-electron chi connectivity index (χ1n) is 4.86. The lowest BCUT2D eigenvalue weighted by Gasteiger charge is -2.15. The number of rotatable bonds is 5. The van der Waals surface area contributed by atoms with Gasteiger partial charge >= 0.3 is 6.09 Å². The third kappa shape index (κ3) is 4.46. The van der Waals surface area contributed by atoms with Crippen molar-refractivity contribution in [2.75, 3.05) is 13.7 Å². The van der Waals surface area contributed by atoms with Gasteiger partial charge in [0.15, 0.2) is 0 Å². The lowest BCUT2D eigenvalue weighted by molar-refractivity contribution is 0.144. The molecular weight excluding hydrogens is 192 g/mol. The molecule has 1 atom stereocenters. The monoisotopic (exact) mass is 208 g/mol. The van der Waals surface area contributed by atoms with E-state index in [0.29, 0.717) is 6.61 Å². The van der Waals surface area contributed by atoms with E-state index < -0.39 is 6.09 Å². The van der Waals surface area contributed by atoms with Gasteiger partial charge in [-0.1, -0.05) is 30.3 Å². The zero-order valence-electron chi connectivity index (χ0n) is 8.77. The molecule has 15 heavy (non-hydrogen) atoms. The number of hydrogen-bond acceptors (Lipinski definition) is 3. The van der Waals surface area contributed by atoms with E-state index in [1.165, 1.54) is 5.56 Å². The second-order valence-corrected chi connectivity index (χ2v) is 3.31. The van der Waals surface area contributed by atoms with Crippen LogP contribution in [0.4, 0.5) is 4.79 Å². The van der Waals surface area contributed by atoms with Crippen LogP contribution in [0.15, 0.2) is 30.3 Å². The fraction of sp³-hybridized carbons (Fsp3) is 0.364. The molecule has 1 aromatic carbocycles. The van der Waals surface area contributed by atoms with Crippen molar-refractivity contribution in [1.29, 1.82) is 0 Å². The van der Waals surface area contributed by atoms with Crippen molar-refractivity contribution in [1.82, 2.24) is 5.32 Å². The third-order valence-electron chi connectivity index (χ3n) is 2.16. The van der Waals surface area contributed by atoms with E-state index in [4.69, 9.17) is 10.5 Å². The number of nitrogens with two attached hydrogens (primary N) is 1. The van der Waals surface area contributed by atoms with Gasteiger partial charge in [0.2, 0.25) is 0 Å². The van der Waals surface area contributed by atoms with Crippen LogP contribution in [0.25, 0.3) is 0 Å². The van der Waals surface area contributed by atoms with Gasteiger partial charge < -0.3 is 15.8 Å². The number of carbonyl (C=O) groups excluding carboxylic acids is 1. The van der Waals surface area contributed by atoms with Crippen LogP contribution in [0.5, 0.6) is 0 Å². The first-order valence-corrected chi connectivity index (χ1v) is 4.86. The molecule has 0 spiro atoms. The summed E-state index contributed by atoms with van der Waals surface area (Å²) in [7, 11) is 1.83. The highest BCUT2D eigenvalue weighted by molar-refractivity contribution is 5.64. The Morgan fingerprint density at radius 1 is 1.47 bits per heavy atom. The second-order valence-electron chi connectivity index (χ2n) is 3.31. The number of primary amides is 1. The highest BCUT2D eigenvalue weighted by Gasteiger charge is 2.08. The molecule has 0 aliphatic heterocycles. The molecule has 1 rings (SSSR count). The number of nitrogens with one attached hydrogen (secondary N) is 1. The standard InChI is InChI=1S/C11H16N2O2/c1-13-10(8-15-11(12)14)7-9-5-3-2-4-6-9/h2-6,10,13H,7-8H2,1H3,(H2,12,14)/t10-/m0/s1. The minimum absolute atomic E-state index is 0.0971. The number of hydrogen-bond donors (Lipinski definition) is 2. The number of benzene rings is 1. The molecule has 4 nitrogen and oxygen atoms in total. The summed E-state index contributed by atoms with van der Waals surface area (Å²) in [5.41, 5.74) is 6.10. The van der Waals surface area contributed by atoms with Crippen molar-refractivity contribution in [3.8, 4) is 0 Å². The average molecular weight is 208 g/mol. The summed E-state index contributed by atoms with van der Waals surface area (Å²) in [5, 5.41) is 3.07. The summed E-state index contributed by atoms with van der Waals surface area (Å²) < 4.78 is 4.74. The van der Waals surface area contributed by atoms with E-state index in [0.717, 1.165) is 6.42 Å². The minimum Gasteiger partial charge on any atom is -0.448 e. The predicted octanol–water partition coefficient (Wildman–Crippen LogP) is 0.912. The average Bonchev–Trinajstić information content (AvgIpc) is 2.25. The summed E-state index contributed by atoms with van der Waals surface area (Å²) in [6.07, 6.45) is 0.0771. The van der Waals surface area contributed by atoms with Crippen molar-refractivity contribution < 1.29 is 9.53 Å². The summed E-state index contributed by atoms with van der Waals surface area (Å²) >= 11 is 0. The molecule has 1 aromatic rings. The van der Waals surface area contributed by atoms with Crippen LogP contribution in [-0.2, 0) is 11.2 Å². The zero-order chi connectivity index (χ0) is 11.1. The van der Waals surface area contributed by atoms with Crippen molar-refractivity contribution >= 4 is 6.09 Å². The van der Waals surface area contributed by atoms with Crippen LogP contribution >= 0.6 is 0 Å². The van der Waals surface area contributed by atoms with Gasteiger partial charge in [-0.3, -0.25) is 0 Å². The van der Waals surface area contributed by atoms with E-state index in [-0.39, 0.29) is 6.04 Å². The van der Waals surface area contributed by atoms with Crippen LogP contribution < -0.4 is 11.1 Å². The Hall–Kier alpha value is -1.55. The molecule has 1 amide bonds. The Kier molecular flexibility index (Phi) is 4.63. The van der Waals surface area contributed by atoms with E-state index in [1.807, 2.05) is 37.4 Å². The van der Waals surface area contributed by atoms with Crippen molar-refractivity contribution in [3.63, 3.8) is 0 Å². The molecular formula is C11H16N2O2. The smallest absolute Gasteiger partial charge is 0.404 e. The maximum Gasteiger partial charge on any atom is 0.404 e. The molecule has 0 radical (unpaired) electrons. The van der Waals surface area contributed by atoms with Crippen molar-refractivity contribution in [2.45, 2.75) is 12.5 Å². The lowest BCUT2D eigenvalue weighted by atomic mass is 10.1. The molecule has 0 heterocycles. The lowest BCUT2D eigenvalue weighted by Crippen LogP contribution is -2.34. The number of ether oxygens (including phenoxy) is 1. The summed E-state index contributed by atoms with van der Waals surface area (Å²) in [4.78, 5) is 10.4. The van der Waals surface area contributed by atoms with Crippen LogP contribution in [-0.4, -0.2) is 25.8 Å². The van der Waals surface area contributed by atoms with E-state index in [2.05, 4.69) is 5.32 Å². The van der Waals surface area contributed by atoms with Gasteiger partial charge in [0.05, 0.1) is 0 Å². The van der Waals surface area contributed by atoms with Gasteiger partial charge in [-0.15, -0.1) is 0 Å². The number of carbonyl (C=O) groups is 1. The molecule has 0 aliphatic rings. The quantitative estimate of drug-likeness (QED) is 0.756. The van der Waals surface area contributed by atoms with E-state index >= 15 is 0 Å². The fourth-order valence-electron chi connectivity index (χ4n) is 1.33. The Bertz CT molecular complexity index is 301. The molecule has 0 aliphatic carbocycles. The Labute approximate surface area is 89.4 Å². The molecule has 3 N–H and O–H groups in total. The van der Waals surface area contributed by atoms with Gasteiger partial charge in [-0.05, 0) is 19.0 Å². The Balaban J connectivity index is 2.43. The molecule has 0 fully saturated rings. The summed E-state index contributed by atoms with van der Waals surface area (Å²) in [6, 6.07) is 10.1. The first-order chi connectivity index (χ1) is 7.22. The van der Waals surface area contributed by atoms with Crippen LogP contribution in [0.1, 0.15) is 5.56 Å². The van der Waals surface area contributed by atoms with Crippen molar-refractivity contribution in [3.05, 3.63) is 35.9 Å². The minimum atomic E-state index is -0.733. The maximum atomic E-state index is 10.4. The number of amides is 1. The second kappa shape index (κ2) is 6.03. The van der Waals surface area contributed by atoms with Gasteiger partial charge in [-0.25, -0.2) is 4.79 Å². The Morgan fingerprint density at radius 3 is 2.67 bits per heavy atom. The van der Waals surface area contributed by atoms with Gasteiger partial charge in [0.25, 0.3) is 0 Å². The topological polar surface area (TPSA) is 64.3 Å². The Morgan fingerprint density at radius 2 is 2.13 bits per heavy atom. The molecule has 0 saturated heterocycles. The van der Waals surface area contributed by atoms with E-state index in [1.54, 1.807) is 0 Å². The normalized spacial score (nSPS) is 12.1.